The molecule has 0 spiro atoms. The van der Waals surface area contributed by atoms with Gasteiger partial charge < -0.3 is 15.0 Å². The maximum Gasteiger partial charge on any atom is 0.295 e. The number of H-pyrrole nitrogens is 1. The molecule has 4 aromatic rings. The molecule has 5 nitrogen and oxygen atoms in total. The number of amides is 1. The van der Waals surface area contributed by atoms with Crippen LogP contribution in [0, 0.1) is 5.82 Å². The van der Waals surface area contributed by atoms with E-state index in [0.717, 1.165) is 27.6 Å². The molecule has 1 aromatic heterocycles. The van der Waals surface area contributed by atoms with E-state index in [9.17, 15) is 19.1 Å². The monoisotopic (exact) mass is 496 g/mol. The average molecular weight is 497 g/mol. The minimum absolute atomic E-state index is 0.0130. The number of Topliss-reactive ketones (excluding diaryl/α,β-unsaturated/α-hetero) is 1. The molecule has 0 aliphatic carbocycles. The van der Waals surface area contributed by atoms with Gasteiger partial charge in [-0.15, -0.1) is 0 Å². The first-order chi connectivity index (χ1) is 17.6. The molecule has 3 aromatic carbocycles. The number of nitrogens with zero attached hydrogens (tertiary/aromatic N) is 1. The number of halogens is 1. The summed E-state index contributed by atoms with van der Waals surface area (Å²) >= 11 is 0. The molecule has 5 rings (SSSR count). The fourth-order valence-corrected chi connectivity index (χ4v) is 4.97. The molecule has 0 radical (unpaired) electrons. The lowest BCUT2D eigenvalue weighted by molar-refractivity contribution is -0.139. The number of rotatable bonds is 5. The summed E-state index contributed by atoms with van der Waals surface area (Å²) in [6.45, 7) is 6.63. The van der Waals surface area contributed by atoms with Crippen molar-refractivity contribution in [2.24, 2.45) is 0 Å². The molecule has 6 heteroatoms. The number of aromatic nitrogens is 1. The van der Waals surface area contributed by atoms with Crippen molar-refractivity contribution in [2.75, 3.05) is 6.54 Å². The van der Waals surface area contributed by atoms with E-state index in [1.54, 1.807) is 0 Å². The van der Waals surface area contributed by atoms with Crippen LogP contribution in [0.5, 0.6) is 0 Å². The minimum Gasteiger partial charge on any atom is -0.507 e. The molecular weight excluding hydrogens is 467 g/mol. The van der Waals surface area contributed by atoms with Gasteiger partial charge in [-0.1, -0.05) is 63.2 Å². The molecule has 1 amide bonds. The number of aliphatic hydroxyl groups excluding tert-OH is 1. The summed E-state index contributed by atoms with van der Waals surface area (Å²) in [7, 11) is 0. The largest absolute Gasteiger partial charge is 0.507 e. The molecule has 0 bridgehead atoms. The minimum atomic E-state index is -0.760. The van der Waals surface area contributed by atoms with Gasteiger partial charge in [0.15, 0.2) is 0 Å². The molecule has 0 saturated carbocycles. The van der Waals surface area contributed by atoms with Gasteiger partial charge in [0, 0.05) is 29.2 Å². The summed E-state index contributed by atoms with van der Waals surface area (Å²) in [6.07, 6.45) is 2.46. The van der Waals surface area contributed by atoms with Crippen molar-refractivity contribution in [3.8, 4) is 0 Å². The molecule has 2 N–H and O–H groups in total. The Morgan fingerprint density at radius 2 is 1.65 bits per heavy atom. The van der Waals surface area contributed by atoms with Crippen LogP contribution in [0.2, 0.25) is 0 Å². The van der Waals surface area contributed by atoms with Crippen LogP contribution in [0.3, 0.4) is 0 Å². The Morgan fingerprint density at radius 1 is 0.973 bits per heavy atom. The van der Waals surface area contributed by atoms with Gasteiger partial charge in [-0.05, 0) is 58.9 Å². The second-order valence-corrected chi connectivity index (χ2v) is 10.5. The summed E-state index contributed by atoms with van der Waals surface area (Å²) in [5, 5.41) is 12.2. The first kappa shape index (κ1) is 24.5. The molecule has 1 unspecified atom stereocenters. The first-order valence-corrected chi connectivity index (χ1v) is 12.3. The SMILES string of the molecule is CC(C)(C)c1ccc(C2/C(=C(\O)c3ccc(F)cc3)C(=O)C(=O)N2CCc2c[nH]c3ccccc23)cc1. The average Bonchev–Trinajstić information content (AvgIpc) is 3.41. The standard InChI is InChI=1S/C31H29FN2O3/c1-31(2,3)22-12-8-19(9-13-22)27-26(28(35)20-10-14-23(32)15-11-20)29(36)30(37)34(27)17-16-21-18-33-25-7-5-4-6-24(21)25/h4-15,18,27,33,35H,16-17H2,1-3H3/b28-26+. The van der Waals surface area contributed by atoms with Crippen LogP contribution < -0.4 is 0 Å². The van der Waals surface area contributed by atoms with Gasteiger partial charge >= 0.3 is 0 Å². The van der Waals surface area contributed by atoms with Gasteiger partial charge in [-0.3, -0.25) is 9.59 Å². The second-order valence-electron chi connectivity index (χ2n) is 10.5. The first-order valence-electron chi connectivity index (χ1n) is 12.3. The van der Waals surface area contributed by atoms with Crippen LogP contribution in [-0.4, -0.2) is 33.2 Å². The number of ketones is 1. The van der Waals surface area contributed by atoms with E-state index in [1.165, 1.54) is 29.2 Å². The van der Waals surface area contributed by atoms with Crippen molar-refractivity contribution in [1.29, 1.82) is 0 Å². The van der Waals surface area contributed by atoms with Crippen LogP contribution in [0.1, 0.15) is 49.1 Å². The fourth-order valence-electron chi connectivity index (χ4n) is 4.97. The van der Waals surface area contributed by atoms with E-state index in [-0.39, 0.29) is 28.9 Å². The number of nitrogens with one attached hydrogen (secondary N) is 1. The number of hydrogen-bond donors (Lipinski definition) is 2. The lowest BCUT2D eigenvalue weighted by Gasteiger charge is -2.26. The smallest absolute Gasteiger partial charge is 0.295 e. The van der Waals surface area contributed by atoms with Crippen molar-refractivity contribution in [2.45, 2.75) is 38.6 Å². The van der Waals surface area contributed by atoms with E-state index in [4.69, 9.17) is 0 Å². The highest BCUT2D eigenvalue weighted by Crippen LogP contribution is 2.40. The lowest BCUT2D eigenvalue weighted by Crippen LogP contribution is -2.31. The summed E-state index contributed by atoms with van der Waals surface area (Å²) < 4.78 is 13.5. The summed E-state index contributed by atoms with van der Waals surface area (Å²) in [4.78, 5) is 31.4. The molecule has 1 fully saturated rings. The summed E-state index contributed by atoms with van der Waals surface area (Å²) in [5.74, 6) is -2.16. The Morgan fingerprint density at radius 3 is 2.32 bits per heavy atom. The molecular formula is C31H29FN2O3. The quantitative estimate of drug-likeness (QED) is 0.194. The number of benzene rings is 3. The number of aromatic amines is 1. The zero-order valence-corrected chi connectivity index (χ0v) is 21.1. The van der Waals surface area contributed by atoms with Crippen LogP contribution in [0.25, 0.3) is 16.7 Å². The predicted molar refractivity (Wildman–Crippen MR) is 143 cm³/mol. The lowest BCUT2D eigenvalue weighted by atomic mass is 9.85. The van der Waals surface area contributed by atoms with E-state index in [2.05, 4.69) is 25.8 Å². The highest BCUT2D eigenvalue weighted by atomic mass is 19.1. The highest BCUT2D eigenvalue weighted by Gasteiger charge is 2.46. The Labute approximate surface area is 215 Å². The van der Waals surface area contributed by atoms with Crippen LogP contribution in [0.4, 0.5) is 4.39 Å². The van der Waals surface area contributed by atoms with Gasteiger partial charge in [0.25, 0.3) is 11.7 Å². The van der Waals surface area contributed by atoms with Gasteiger partial charge in [0.05, 0.1) is 11.6 Å². The van der Waals surface area contributed by atoms with E-state index < -0.39 is 23.5 Å². The zero-order valence-electron chi connectivity index (χ0n) is 21.1. The topological polar surface area (TPSA) is 73.4 Å². The number of hydrogen-bond acceptors (Lipinski definition) is 3. The Balaban J connectivity index is 1.57. The van der Waals surface area contributed by atoms with E-state index in [0.29, 0.717) is 6.42 Å². The number of fused-ring (bicyclic) bond motifs is 1. The van der Waals surface area contributed by atoms with Crippen molar-refractivity contribution >= 4 is 28.4 Å². The Hall–Kier alpha value is -4.19. The van der Waals surface area contributed by atoms with Crippen LogP contribution in [0.15, 0.2) is 84.6 Å². The maximum atomic E-state index is 13.5. The van der Waals surface area contributed by atoms with Crippen molar-refractivity contribution in [3.63, 3.8) is 0 Å². The molecule has 1 saturated heterocycles. The van der Waals surface area contributed by atoms with Crippen LogP contribution >= 0.6 is 0 Å². The zero-order chi connectivity index (χ0) is 26.3. The molecule has 188 valence electrons. The third kappa shape index (κ3) is 4.55. The molecule has 1 atom stereocenters. The fraction of sp³-hybridized carbons (Fsp3) is 0.226. The summed E-state index contributed by atoms with van der Waals surface area (Å²) in [5.41, 5.74) is 4.12. The van der Waals surface area contributed by atoms with E-state index in [1.807, 2.05) is 54.7 Å². The van der Waals surface area contributed by atoms with Crippen molar-refractivity contribution < 1.29 is 19.1 Å². The van der Waals surface area contributed by atoms with Crippen molar-refractivity contribution in [1.82, 2.24) is 9.88 Å². The maximum absolute atomic E-state index is 13.5. The normalized spacial score (nSPS) is 17.6. The third-order valence-corrected chi connectivity index (χ3v) is 7.05. The van der Waals surface area contributed by atoms with Gasteiger partial charge in [0.2, 0.25) is 0 Å². The predicted octanol–water partition coefficient (Wildman–Crippen LogP) is 6.27. The third-order valence-electron chi connectivity index (χ3n) is 7.05. The number of aliphatic hydroxyl groups is 1. The number of likely N-dealkylation sites (tertiary alicyclic amines) is 1. The van der Waals surface area contributed by atoms with Gasteiger partial charge in [-0.25, -0.2) is 4.39 Å². The highest BCUT2D eigenvalue weighted by molar-refractivity contribution is 6.46. The Kier molecular flexibility index (Phi) is 6.20. The second kappa shape index (κ2) is 9.36. The van der Waals surface area contributed by atoms with E-state index >= 15 is 0 Å². The molecule has 2 heterocycles. The number of carbonyl (C=O) groups is 2. The van der Waals surface area contributed by atoms with Crippen LogP contribution in [-0.2, 0) is 21.4 Å². The van der Waals surface area contributed by atoms with Crippen molar-refractivity contribution in [3.05, 3.63) is 113 Å². The van der Waals surface area contributed by atoms with Gasteiger partial charge in [-0.2, -0.15) is 0 Å². The molecule has 1 aliphatic rings. The Bertz CT molecular complexity index is 1510. The summed E-state index contributed by atoms with van der Waals surface area (Å²) in [6, 6.07) is 20.2. The number of carbonyl (C=O) groups excluding carboxylic acids is 2. The number of para-hydroxylation sites is 1. The molecule has 1 aliphatic heterocycles. The van der Waals surface area contributed by atoms with Gasteiger partial charge in [0.1, 0.15) is 11.6 Å². The molecule has 37 heavy (non-hydrogen) atoms.